The third-order valence-electron chi connectivity index (χ3n) is 4.83. The topological polar surface area (TPSA) is 48.9 Å². The summed E-state index contributed by atoms with van der Waals surface area (Å²) in [7, 11) is 1.75. The molecule has 1 unspecified atom stereocenters. The summed E-state index contributed by atoms with van der Waals surface area (Å²) in [5.74, 6) is 0.539. The van der Waals surface area contributed by atoms with Crippen LogP contribution in [0.4, 0.5) is 4.39 Å². The molecule has 0 amide bonds. The first-order chi connectivity index (χ1) is 11.8. The summed E-state index contributed by atoms with van der Waals surface area (Å²) in [6, 6.07) is 5.30. The summed E-state index contributed by atoms with van der Waals surface area (Å²) in [5.41, 5.74) is 1.56. The maximum Gasteiger partial charge on any atom is 0.191 e. The molecular formula is C19H32FIN4O. The van der Waals surface area contributed by atoms with Crippen molar-refractivity contribution in [3.63, 3.8) is 0 Å². The zero-order valence-corrected chi connectivity index (χ0v) is 18.8. The van der Waals surface area contributed by atoms with Gasteiger partial charge < -0.3 is 15.4 Å². The highest BCUT2D eigenvalue weighted by molar-refractivity contribution is 14.0. The Morgan fingerprint density at radius 2 is 2.00 bits per heavy atom. The molecule has 1 fully saturated rings. The average Bonchev–Trinajstić information content (AvgIpc) is 2.61. The van der Waals surface area contributed by atoms with Crippen molar-refractivity contribution < 1.29 is 9.13 Å². The molecule has 5 nitrogen and oxygen atoms in total. The second-order valence-corrected chi connectivity index (χ2v) is 7.21. The number of morpholine rings is 1. The van der Waals surface area contributed by atoms with E-state index in [0.717, 1.165) is 44.4 Å². The van der Waals surface area contributed by atoms with Gasteiger partial charge in [-0.2, -0.15) is 0 Å². The minimum absolute atomic E-state index is 0. The average molecular weight is 478 g/mol. The van der Waals surface area contributed by atoms with Gasteiger partial charge in [0.1, 0.15) is 5.82 Å². The molecule has 1 aromatic carbocycles. The monoisotopic (exact) mass is 478 g/mol. The lowest BCUT2D eigenvalue weighted by Gasteiger charge is -2.41. The smallest absolute Gasteiger partial charge is 0.191 e. The second kappa shape index (κ2) is 10.4. The molecule has 1 aromatic rings. The van der Waals surface area contributed by atoms with Gasteiger partial charge in [-0.1, -0.05) is 12.1 Å². The number of ether oxygens (including phenoxy) is 1. The molecule has 1 aliphatic heterocycles. The van der Waals surface area contributed by atoms with Crippen LogP contribution in [0.25, 0.3) is 0 Å². The molecule has 0 radical (unpaired) electrons. The zero-order chi connectivity index (χ0) is 18.4. The van der Waals surface area contributed by atoms with E-state index in [4.69, 9.17) is 4.74 Å². The molecule has 2 rings (SSSR count). The van der Waals surface area contributed by atoms with E-state index in [1.165, 1.54) is 0 Å². The Hall–Kier alpha value is -0.930. The molecule has 1 heterocycles. The quantitative estimate of drug-likeness (QED) is 0.388. The largest absolute Gasteiger partial charge is 0.379 e. The molecule has 2 N–H and O–H groups in total. The molecule has 1 aliphatic rings. The summed E-state index contributed by atoms with van der Waals surface area (Å²) >= 11 is 0. The number of rotatable bonds is 5. The molecular weight excluding hydrogens is 446 g/mol. The Kier molecular flexibility index (Phi) is 9.26. The van der Waals surface area contributed by atoms with Crippen LogP contribution < -0.4 is 10.6 Å². The maximum absolute atomic E-state index is 13.8. The highest BCUT2D eigenvalue weighted by Crippen LogP contribution is 2.17. The minimum atomic E-state index is -0.178. The first kappa shape index (κ1) is 23.1. The Morgan fingerprint density at radius 1 is 1.35 bits per heavy atom. The van der Waals surface area contributed by atoms with E-state index in [-0.39, 0.29) is 41.4 Å². The Labute approximate surface area is 173 Å². The van der Waals surface area contributed by atoms with Crippen molar-refractivity contribution in [2.45, 2.75) is 39.3 Å². The molecule has 0 aromatic heterocycles. The third kappa shape index (κ3) is 6.35. The fourth-order valence-corrected chi connectivity index (χ4v) is 2.94. The van der Waals surface area contributed by atoms with E-state index < -0.39 is 0 Å². The Balaban J connectivity index is 0.00000338. The van der Waals surface area contributed by atoms with Crippen LogP contribution >= 0.6 is 24.0 Å². The summed E-state index contributed by atoms with van der Waals surface area (Å²) in [4.78, 5) is 6.73. The molecule has 1 atom stereocenters. The Morgan fingerprint density at radius 3 is 2.58 bits per heavy atom. The summed E-state index contributed by atoms with van der Waals surface area (Å²) in [5, 5.41) is 6.73. The predicted octanol–water partition coefficient (Wildman–Crippen LogP) is 3.09. The Bertz CT molecular complexity index is 603. The number of nitrogens with zero attached hydrogens (tertiary/aromatic N) is 2. The van der Waals surface area contributed by atoms with Gasteiger partial charge in [0.25, 0.3) is 0 Å². The molecule has 7 heteroatoms. The van der Waals surface area contributed by atoms with Crippen LogP contribution in [-0.4, -0.2) is 56.3 Å². The highest BCUT2D eigenvalue weighted by Gasteiger charge is 2.28. The summed E-state index contributed by atoms with van der Waals surface area (Å²) in [6.45, 7) is 12.4. The number of aliphatic imine (C=N–C) groups is 1. The molecule has 148 valence electrons. The van der Waals surface area contributed by atoms with Crippen molar-refractivity contribution in [3.8, 4) is 0 Å². The van der Waals surface area contributed by atoms with Gasteiger partial charge in [0.2, 0.25) is 0 Å². The van der Waals surface area contributed by atoms with Gasteiger partial charge in [0.15, 0.2) is 5.96 Å². The van der Waals surface area contributed by atoms with Crippen molar-refractivity contribution in [1.82, 2.24) is 15.5 Å². The van der Waals surface area contributed by atoms with E-state index >= 15 is 0 Å². The van der Waals surface area contributed by atoms with Crippen LogP contribution in [0, 0.1) is 12.7 Å². The maximum atomic E-state index is 13.8. The number of halogens is 2. The van der Waals surface area contributed by atoms with Gasteiger partial charge in [-0.25, -0.2) is 4.39 Å². The van der Waals surface area contributed by atoms with Crippen molar-refractivity contribution in [1.29, 1.82) is 0 Å². The molecule has 0 bridgehead atoms. The van der Waals surface area contributed by atoms with E-state index in [9.17, 15) is 4.39 Å². The first-order valence-electron chi connectivity index (χ1n) is 8.89. The van der Waals surface area contributed by atoms with Crippen LogP contribution in [0.15, 0.2) is 23.2 Å². The molecule has 0 saturated carbocycles. The number of hydrogen-bond donors (Lipinski definition) is 2. The lowest BCUT2D eigenvalue weighted by molar-refractivity contribution is -0.00834. The van der Waals surface area contributed by atoms with Gasteiger partial charge in [0, 0.05) is 32.2 Å². The number of aryl methyl sites for hydroxylation is 1. The van der Waals surface area contributed by atoms with Gasteiger partial charge >= 0.3 is 0 Å². The van der Waals surface area contributed by atoms with Gasteiger partial charge in [-0.15, -0.1) is 24.0 Å². The number of guanidine groups is 1. The van der Waals surface area contributed by atoms with E-state index in [2.05, 4.69) is 34.4 Å². The van der Waals surface area contributed by atoms with Crippen LogP contribution in [-0.2, 0) is 4.74 Å². The lowest BCUT2D eigenvalue weighted by Crippen LogP contribution is -2.56. The standard InChI is InChI=1S/C19H31FN4O.HI/c1-14-6-7-16(12-17(14)20)15(2)23-18(21-5)22-13-19(3,4)24-8-10-25-11-9-24;/h6-7,12,15H,8-11,13H2,1-5H3,(H2,21,22,23);1H. The summed E-state index contributed by atoms with van der Waals surface area (Å²) in [6.07, 6.45) is 0. The molecule has 0 aliphatic carbocycles. The predicted molar refractivity (Wildman–Crippen MR) is 116 cm³/mol. The molecule has 26 heavy (non-hydrogen) atoms. The van der Waals surface area contributed by atoms with E-state index in [0.29, 0.717) is 5.56 Å². The lowest BCUT2D eigenvalue weighted by atomic mass is 10.0. The first-order valence-corrected chi connectivity index (χ1v) is 8.89. The molecule has 1 saturated heterocycles. The highest BCUT2D eigenvalue weighted by atomic mass is 127. The fraction of sp³-hybridized carbons (Fsp3) is 0.632. The number of benzene rings is 1. The van der Waals surface area contributed by atoms with Gasteiger partial charge in [0.05, 0.1) is 19.3 Å². The van der Waals surface area contributed by atoms with Crippen LogP contribution in [0.2, 0.25) is 0 Å². The zero-order valence-electron chi connectivity index (χ0n) is 16.4. The van der Waals surface area contributed by atoms with Crippen LogP contribution in [0.5, 0.6) is 0 Å². The van der Waals surface area contributed by atoms with Crippen molar-refractivity contribution in [2.24, 2.45) is 4.99 Å². The molecule has 0 spiro atoms. The van der Waals surface area contributed by atoms with Gasteiger partial charge in [-0.05, 0) is 44.9 Å². The number of nitrogens with one attached hydrogen (secondary N) is 2. The van der Waals surface area contributed by atoms with Crippen LogP contribution in [0.1, 0.15) is 37.9 Å². The van der Waals surface area contributed by atoms with Gasteiger partial charge in [-0.3, -0.25) is 9.89 Å². The summed E-state index contributed by atoms with van der Waals surface area (Å²) < 4.78 is 19.2. The van der Waals surface area contributed by atoms with E-state index in [1.807, 2.05) is 13.0 Å². The normalized spacial score (nSPS) is 17.4. The van der Waals surface area contributed by atoms with Crippen molar-refractivity contribution in [3.05, 3.63) is 35.1 Å². The number of hydrogen-bond acceptors (Lipinski definition) is 3. The second-order valence-electron chi connectivity index (χ2n) is 7.21. The van der Waals surface area contributed by atoms with Crippen molar-refractivity contribution >= 4 is 29.9 Å². The van der Waals surface area contributed by atoms with E-state index in [1.54, 1.807) is 26.1 Å². The van der Waals surface area contributed by atoms with Crippen molar-refractivity contribution in [2.75, 3.05) is 39.9 Å². The van der Waals surface area contributed by atoms with Crippen LogP contribution in [0.3, 0.4) is 0 Å². The third-order valence-corrected chi connectivity index (χ3v) is 4.83. The fourth-order valence-electron chi connectivity index (χ4n) is 2.94. The minimum Gasteiger partial charge on any atom is -0.379 e. The SMILES string of the molecule is CN=C(NCC(C)(C)N1CCOCC1)NC(C)c1ccc(C)c(F)c1.I.